The summed E-state index contributed by atoms with van der Waals surface area (Å²) in [6.45, 7) is 12.6. The topological polar surface area (TPSA) is 15.3 Å². The fourth-order valence-electron chi connectivity index (χ4n) is 2.29. The quantitative estimate of drug-likeness (QED) is 0.687. The van der Waals surface area contributed by atoms with Crippen molar-refractivity contribution in [3.05, 3.63) is 0 Å². The normalized spacial score (nSPS) is 16.1. The van der Waals surface area contributed by atoms with Crippen LogP contribution in [0.2, 0.25) is 0 Å². The zero-order valence-electron chi connectivity index (χ0n) is 12.4. The highest BCUT2D eigenvalue weighted by Gasteiger charge is 2.18. The summed E-state index contributed by atoms with van der Waals surface area (Å²) in [5.41, 5.74) is 0. The lowest BCUT2D eigenvalue weighted by molar-refractivity contribution is 0.259. The third-order valence-electron chi connectivity index (χ3n) is 3.04. The van der Waals surface area contributed by atoms with E-state index in [9.17, 15) is 0 Å². The number of rotatable bonds is 8. The van der Waals surface area contributed by atoms with Gasteiger partial charge in [0.05, 0.1) is 0 Å². The molecule has 0 heterocycles. The molecule has 0 radical (unpaired) electrons. The van der Waals surface area contributed by atoms with Gasteiger partial charge in [-0.05, 0) is 38.8 Å². The maximum Gasteiger partial charge on any atom is 0.0199 e. The van der Waals surface area contributed by atoms with Crippen molar-refractivity contribution in [3.8, 4) is 0 Å². The minimum absolute atomic E-state index is 0.627. The van der Waals surface area contributed by atoms with Crippen LogP contribution in [0.5, 0.6) is 0 Å². The average molecular weight is 228 g/mol. The Balaban J connectivity index is 4.27. The van der Waals surface area contributed by atoms with Crippen molar-refractivity contribution in [3.63, 3.8) is 0 Å². The fourth-order valence-corrected chi connectivity index (χ4v) is 2.29. The van der Waals surface area contributed by atoms with Gasteiger partial charge in [-0.2, -0.15) is 0 Å². The Morgan fingerprint density at radius 2 is 1.62 bits per heavy atom. The molecule has 98 valence electrons. The molecule has 0 bridgehead atoms. The van der Waals surface area contributed by atoms with Crippen molar-refractivity contribution >= 4 is 0 Å². The summed E-state index contributed by atoms with van der Waals surface area (Å²) in [5.74, 6) is 1.49. The molecule has 0 aliphatic carbocycles. The molecule has 2 unspecified atom stereocenters. The monoisotopic (exact) mass is 228 g/mol. The lowest BCUT2D eigenvalue weighted by Gasteiger charge is -2.30. The molecule has 0 amide bonds. The van der Waals surface area contributed by atoms with Crippen molar-refractivity contribution in [1.29, 1.82) is 0 Å². The molecule has 2 nitrogen and oxygen atoms in total. The molecule has 0 spiro atoms. The van der Waals surface area contributed by atoms with Crippen LogP contribution in [0, 0.1) is 11.8 Å². The first-order chi connectivity index (χ1) is 7.36. The van der Waals surface area contributed by atoms with Crippen LogP contribution in [0.15, 0.2) is 0 Å². The van der Waals surface area contributed by atoms with Crippen molar-refractivity contribution in [2.24, 2.45) is 11.8 Å². The fraction of sp³-hybridized carbons (Fsp3) is 1.00. The minimum atomic E-state index is 0.627. The van der Waals surface area contributed by atoms with Crippen LogP contribution in [0.3, 0.4) is 0 Å². The number of hydrogen-bond acceptors (Lipinski definition) is 2. The van der Waals surface area contributed by atoms with E-state index < -0.39 is 0 Å². The van der Waals surface area contributed by atoms with Gasteiger partial charge in [0.25, 0.3) is 0 Å². The highest BCUT2D eigenvalue weighted by Crippen LogP contribution is 2.11. The van der Waals surface area contributed by atoms with E-state index in [-0.39, 0.29) is 0 Å². The highest BCUT2D eigenvalue weighted by molar-refractivity contribution is 4.78. The summed E-state index contributed by atoms with van der Waals surface area (Å²) in [7, 11) is 4.32. The maximum atomic E-state index is 3.82. The number of nitrogens with zero attached hydrogens (tertiary/aromatic N) is 1. The van der Waals surface area contributed by atoms with Gasteiger partial charge in [-0.3, -0.25) is 0 Å². The number of nitrogens with one attached hydrogen (secondary N) is 1. The molecule has 2 atom stereocenters. The van der Waals surface area contributed by atoms with Crippen LogP contribution in [0.1, 0.15) is 47.5 Å². The molecule has 16 heavy (non-hydrogen) atoms. The van der Waals surface area contributed by atoms with Crippen LogP contribution in [0.4, 0.5) is 0 Å². The molecule has 0 rings (SSSR count). The first kappa shape index (κ1) is 15.9. The minimum Gasteiger partial charge on any atom is -0.310 e. The second-order valence-corrected chi connectivity index (χ2v) is 6.01. The molecule has 0 aromatic heterocycles. The van der Waals surface area contributed by atoms with Crippen molar-refractivity contribution in [2.45, 2.75) is 59.5 Å². The number of hydrogen-bond donors (Lipinski definition) is 1. The molecule has 0 saturated carbocycles. The van der Waals surface area contributed by atoms with Crippen molar-refractivity contribution in [2.75, 3.05) is 20.6 Å². The summed E-state index contributed by atoms with van der Waals surface area (Å²) in [5, 5.41) is 3.82. The number of likely N-dealkylation sites (N-methyl/N-ethyl adjacent to an activating group) is 1. The van der Waals surface area contributed by atoms with Crippen LogP contribution in [-0.4, -0.2) is 37.6 Å². The molecular formula is C14H32N2. The predicted octanol–water partition coefficient (Wildman–Crippen LogP) is 2.99. The third kappa shape index (κ3) is 7.24. The van der Waals surface area contributed by atoms with Gasteiger partial charge in [-0.1, -0.05) is 34.6 Å². The zero-order valence-corrected chi connectivity index (χ0v) is 12.4. The van der Waals surface area contributed by atoms with Gasteiger partial charge >= 0.3 is 0 Å². The van der Waals surface area contributed by atoms with Gasteiger partial charge in [0.15, 0.2) is 0 Å². The van der Waals surface area contributed by atoms with E-state index in [0.29, 0.717) is 12.1 Å². The van der Waals surface area contributed by atoms with Gasteiger partial charge in [0, 0.05) is 18.6 Å². The Hall–Kier alpha value is -0.0800. The first-order valence-electron chi connectivity index (χ1n) is 6.77. The van der Waals surface area contributed by atoms with Gasteiger partial charge in [-0.25, -0.2) is 0 Å². The average Bonchev–Trinajstić information content (AvgIpc) is 2.11. The van der Waals surface area contributed by atoms with E-state index in [4.69, 9.17) is 0 Å². The highest BCUT2D eigenvalue weighted by atomic mass is 15.1. The lowest BCUT2D eigenvalue weighted by atomic mass is 9.97. The van der Waals surface area contributed by atoms with E-state index in [2.05, 4.69) is 58.9 Å². The van der Waals surface area contributed by atoms with E-state index in [1.165, 1.54) is 12.8 Å². The van der Waals surface area contributed by atoms with Crippen LogP contribution >= 0.6 is 0 Å². The van der Waals surface area contributed by atoms with Crippen LogP contribution < -0.4 is 5.32 Å². The molecule has 0 aromatic rings. The Morgan fingerprint density at radius 1 is 1.06 bits per heavy atom. The Labute approximate surface area is 103 Å². The van der Waals surface area contributed by atoms with E-state index in [1.807, 2.05) is 0 Å². The predicted molar refractivity (Wildman–Crippen MR) is 73.8 cm³/mol. The van der Waals surface area contributed by atoms with E-state index in [1.54, 1.807) is 0 Å². The lowest BCUT2D eigenvalue weighted by Crippen LogP contribution is -2.46. The summed E-state index contributed by atoms with van der Waals surface area (Å²) in [4.78, 5) is 2.28. The van der Waals surface area contributed by atoms with Crippen molar-refractivity contribution in [1.82, 2.24) is 10.2 Å². The molecule has 1 N–H and O–H groups in total. The van der Waals surface area contributed by atoms with Crippen LogP contribution in [-0.2, 0) is 0 Å². The van der Waals surface area contributed by atoms with Gasteiger partial charge in [0.2, 0.25) is 0 Å². The molecule has 2 heteroatoms. The van der Waals surface area contributed by atoms with Crippen molar-refractivity contribution < 1.29 is 0 Å². The smallest absolute Gasteiger partial charge is 0.0199 e. The Bertz CT molecular complexity index is 154. The summed E-state index contributed by atoms with van der Waals surface area (Å²) >= 11 is 0. The second kappa shape index (κ2) is 8.08. The van der Waals surface area contributed by atoms with E-state index >= 15 is 0 Å². The second-order valence-electron chi connectivity index (χ2n) is 6.01. The summed E-state index contributed by atoms with van der Waals surface area (Å²) < 4.78 is 0. The van der Waals surface area contributed by atoms with Gasteiger partial charge in [-0.15, -0.1) is 0 Å². The summed E-state index contributed by atoms with van der Waals surface area (Å²) in [6.07, 6.45) is 2.49. The maximum absolute atomic E-state index is 3.82. The summed E-state index contributed by atoms with van der Waals surface area (Å²) in [6, 6.07) is 1.28. The molecule has 0 saturated heterocycles. The first-order valence-corrected chi connectivity index (χ1v) is 6.77. The third-order valence-corrected chi connectivity index (χ3v) is 3.04. The molecule has 0 fully saturated rings. The Kier molecular flexibility index (Phi) is 8.04. The molecular weight excluding hydrogens is 196 g/mol. The van der Waals surface area contributed by atoms with E-state index in [0.717, 1.165) is 18.4 Å². The van der Waals surface area contributed by atoms with Gasteiger partial charge in [0.1, 0.15) is 0 Å². The molecule has 0 aliphatic heterocycles. The Morgan fingerprint density at radius 3 is 1.94 bits per heavy atom. The molecule has 0 aliphatic rings. The SMILES string of the molecule is CCC(NC(CC(C)C)CN(C)C)C(C)C. The standard InChI is InChI=1S/C14H32N2/c1-8-14(12(4)5)15-13(9-11(2)3)10-16(6)7/h11-15H,8-10H2,1-7H3. The largest absolute Gasteiger partial charge is 0.310 e. The zero-order chi connectivity index (χ0) is 12.7. The van der Waals surface area contributed by atoms with Gasteiger partial charge < -0.3 is 10.2 Å². The molecule has 0 aromatic carbocycles. The van der Waals surface area contributed by atoms with Crippen LogP contribution in [0.25, 0.3) is 0 Å².